The van der Waals surface area contributed by atoms with E-state index in [0.29, 0.717) is 16.9 Å². The van der Waals surface area contributed by atoms with Gasteiger partial charge >= 0.3 is 0 Å². The van der Waals surface area contributed by atoms with E-state index in [-0.39, 0.29) is 0 Å². The average Bonchev–Trinajstić information content (AvgIpc) is 3.05. The lowest BCUT2D eigenvalue weighted by Gasteiger charge is -2.00. The molecule has 3 rings (SSSR count). The SMILES string of the molecule is COc1ccc(C=O)c2cc(-c3cccs3)oc12. The van der Waals surface area contributed by atoms with Gasteiger partial charge in [0.1, 0.15) is 5.76 Å². The molecule has 0 saturated carbocycles. The Morgan fingerprint density at radius 1 is 1.33 bits per heavy atom. The van der Waals surface area contributed by atoms with Crippen LogP contribution in [0.3, 0.4) is 0 Å². The maximum absolute atomic E-state index is 11.0. The van der Waals surface area contributed by atoms with E-state index in [1.807, 2.05) is 23.6 Å². The molecule has 90 valence electrons. The number of carbonyl (C=O) groups excluding carboxylic acids is 1. The molecule has 0 aliphatic carbocycles. The first-order valence-electron chi connectivity index (χ1n) is 5.43. The number of hydrogen-bond acceptors (Lipinski definition) is 4. The van der Waals surface area contributed by atoms with Gasteiger partial charge in [-0.1, -0.05) is 6.07 Å². The minimum Gasteiger partial charge on any atom is -0.493 e. The number of hydrogen-bond donors (Lipinski definition) is 0. The molecule has 2 aromatic heterocycles. The normalized spacial score (nSPS) is 10.7. The van der Waals surface area contributed by atoms with E-state index < -0.39 is 0 Å². The van der Waals surface area contributed by atoms with E-state index in [9.17, 15) is 4.79 Å². The van der Waals surface area contributed by atoms with E-state index >= 15 is 0 Å². The Bertz CT molecular complexity index is 695. The quantitative estimate of drug-likeness (QED) is 0.667. The van der Waals surface area contributed by atoms with Gasteiger partial charge in [-0.15, -0.1) is 11.3 Å². The molecule has 18 heavy (non-hydrogen) atoms. The Morgan fingerprint density at radius 3 is 2.89 bits per heavy atom. The Hall–Kier alpha value is -2.07. The summed E-state index contributed by atoms with van der Waals surface area (Å²) in [6.45, 7) is 0. The number of ether oxygens (including phenoxy) is 1. The van der Waals surface area contributed by atoms with Crippen LogP contribution in [0.1, 0.15) is 10.4 Å². The number of thiophene rings is 1. The summed E-state index contributed by atoms with van der Waals surface area (Å²) >= 11 is 1.60. The summed E-state index contributed by atoms with van der Waals surface area (Å²) in [5, 5.41) is 2.77. The fraction of sp³-hybridized carbons (Fsp3) is 0.0714. The van der Waals surface area contributed by atoms with Crippen LogP contribution >= 0.6 is 11.3 Å². The standard InChI is InChI=1S/C14H10O3S/c1-16-11-5-4-9(8-15)10-7-12(17-14(10)11)13-3-2-6-18-13/h2-8H,1H3. The van der Waals surface area contributed by atoms with E-state index in [1.165, 1.54) is 0 Å². The molecule has 0 bridgehead atoms. The van der Waals surface area contributed by atoms with Crippen molar-refractivity contribution in [2.75, 3.05) is 7.11 Å². The average molecular weight is 258 g/mol. The van der Waals surface area contributed by atoms with E-state index in [1.54, 1.807) is 30.6 Å². The number of fused-ring (bicyclic) bond motifs is 1. The number of carbonyl (C=O) groups is 1. The van der Waals surface area contributed by atoms with Crippen molar-refractivity contribution in [1.29, 1.82) is 0 Å². The minimum atomic E-state index is 0.609. The lowest BCUT2D eigenvalue weighted by Crippen LogP contribution is -1.86. The number of aldehydes is 1. The van der Waals surface area contributed by atoms with Crippen LogP contribution in [0.25, 0.3) is 21.6 Å². The smallest absolute Gasteiger partial charge is 0.177 e. The van der Waals surface area contributed by atoms with Crippen molar-refractivity contribution in [3.63, 3.8) is 0 Å². The van der Waals surface area contributed by atoms with Crippen molar-refractivity contribution in [1.82, 2.24) is 0 Å². The van der Waals surface area contributed by atoms with Crippen LogP contribution in [0.4, 0.5) is 0 Å². The predicted octanol–water partition coefficient (Wildman–Crippen LogP) is 3.98. The Balaban J connectivity index is 2.30. The highest BCUT2D eigenvalue weighted by atomic mass is 32.1. The molecule has 4 heteroatoms. The molecule has 0 spiro atoms. The lowest BCUT2D eigenvalue weighted by molar-refractivity contribution is 0.112. The van der Waals surface area contributed by atoms with Gasteiger partial charge in [0.25, 0.3) is 0 Å². The highest BCUT2D eigenvalue weighted by molar-refractivity contribution is 7.13. The van der Waals surface area contributed by atoms with Gasteiger partial charge in [-0.3, -0.25) is 4.79 Å². The molecule has 0 aliphatic rings. The van der Waals surface area contributed by atoms with Gasteiger partial charge in [0.2, 0.25) is 0 Å². The van der Waals surface area contributed by atoms with E-state index in [0.717, 1.165) is 22.3 Å². The van der Waals surface area contributed by atoms with Gasteiger partial charge in [-0.25, -0.2) is 0 Å². The molecular formula is C14H10O3S. The topological polar surface area (TPSA) is 39.4 Å². The van der Waals surface area contributed by atoms with Crippen molar-refractivity contribution in [3.8, 4) is 16.4 Å². The van der Waals surface area contributed by atoms with Crippen molar-refractivity contribution >= 4 is 28.6 Å². The highest BCUT2D eigenvalue weighted by Crippen LogP contribution is 2.36. The van der Waals surface area contributed by atoms with Crippen LogP contribution in [-0.2, 0) is 0 Å². The minimum absolute atomic E-state index is 0.609. The zero-order valence-corrected chi connectivity index (χ0v) is 10.5. The third kappa shape index (κ3) is 1.62. The second kappa shape index (κ2) is 4.31. The molecule has 0 atom stereocenters. The van der Waals surface area contributed by atoms with Gasteiger partial charge in [-0.2, -0.15) is 0 Å². The summed E-state index contributed by atoms with van der Waals surface area (Å²) in [5.41, 5.74) is 1.22. The van der Waals surface area contributed by atoms with Crippen molar-refractivity contribution in [2.45, 2.75) is 0 Å². The third-order valence-corrected chi connectivity index (χ3v) is 3.68. The first-order valence-corrected chi connectivity index (χ1v) is 6.31. The van der Waals surface area contributed by atoms with Gasteiger partial charge in [-0.05, 0) is 29.6 Å². The van der Waals surface area contributed by atoms with Crippen molar-refractivity contribution in [3.05, 3.63) is 41.3 Å². The van der Waals surface area contributed by atoms with Crippen molar-refractivity contribution in [2.24, 2.45) is 0 Å². The molecule has 0 N–H and O–H groups in total. The monoisotopic (exact) mass is 258 g/mol. The summed E-state index contributed by atoms with van der Waals surface area (Å²) in [6.07, 6.45) is 0.829. The first-order chi connectivity index (χ1) is 8.83. The fourth-order valence-electron chi connectivity index (χ4n) is 1.92. The summed E-state index contributed by atoms with van der Waals surface area (Å²) in [7, 11) is 1.59. The molecule has 2 heterocycles. The van der Waals surface area contributed by atoms with Gasteiger partial charge < -0.3 is 9.15 Å². The summed E-state index contributed by atoms with van der Waals surface area (Å²) in [5.74, 6) is 1.39. The van der Waals surface area contributed by atoms with Crippen LogP contribution in [-0.4, -0.2) is 13.4 Å². The second-order valence-corrected chi connectivity index (χ2v) is 4.75. The largest absolute Gasteiger partial charge is 0.493 e. The third-order valence-electron chi connectivity index (χ3n) is 2.79. The van der Waals surface area contributed by atoms with Crippen LogP contribution in [0, 0.1) is 0 Å². The molecule has 0 fully saturated rings. The molecule has 0 saturated heterocycles. The lowest BCUT2D eigenvalue weighted by atomic mass is 10.1. The number of methoxy groups -OCH3 is 1. The van der Waals surface area contributed by atoms with E-state index in [2.05, 4.69) is 0 Å². The number of rotatable bonds is 3. The number of benzene rings is 1. The molecule has 0 unspecified atom stereocenters. The predicted molar refractivity (Wildman–Crippen MR) is 71.5 cm³/mol. The Labute approximate surface area is 108 Å². The zero-order chi connectivity index (χ0) is 12.5. The highest BCUT2D eigenvalue weighted by Gasteiger charge is 2.14. The van der Waals surface area contributed by atoms with Gasteiger partial charge in [0.15, 0.2) is 17.6 Å². The van der Waals surface area contributed by atoms with Crippen LogP contribution in [0.15, 0.2) is 40.1 Å². The van der Waals surface area contributed by atoms with Crippen molar-refractivity contribution < 1.29 is 13.9 Å². The maximum atomic E-state index is 11.0. The van der Waals surface area contributed by atoms with Crippen LogP contribution < -0.4 is 4.74 Å². The molecule has 0 radical (unpaired) electrons. The first kappa shape index (κ1) is 11.0. The Kier molecular flexibility index (Phi) is 2.64. The van der Waals surface area contributed by atoms with Crippen LogP contribution in [0.2, 0.25) is 0 Å². The molecule has 3 aromatic rings. The summed E-state index contributed by atoms with van der Waals surface area (Å²) in [4.78, 5) is 12.1. The van der Waals surface area contributed by atoms with E-state index in [4.69, 9.17) is 9.15 Å². The molecule has 1 aromatic carbocycles. The summed E-state index contributed by atoms with van der Waals surface area (Å²) < 4.78 is 11.1. The molecule has 0 aliphatic heterocycles. The molecular weight excluding hydrogens is 248 g/mol. The number of furan rings is 1. The van der Waals surface area contributed by atoms with Gasteiger partial charge in [0, 0.05) is 10.9 Å². The Morgan fingerprint density at radius 2 is 2.22 bits per heavy atom. The second-order valence-electron chi connectivity index (χ2n) is 3.81. The molecule has 0 amide bonds. The van der Waals surface area contributed by atoms with Crippen LogP contribution in [0.5, 0.6) is 5.75 Å². The fourth-order valence-corrected chi connectivity index (χ4v) is 2.60. The van der Waals surface area contributed by atoms with Gasteiger partial charge in [0.05, 0.1) is 12.0 Å². The molecule has 3 nitrogen and oxygen atoms in total. The summed E-state index contributed by atoms with van der Waals surface area (Å²) in [6, 6.07) is 9.31. The zero-order valence-electron chi connectivity index (χ0n) is 9.67. The maximum Gasteiger partial charge on any atom is 0.177 e.